The van der Waals surface area contributed by atoms with Crippen molar-refractivity contribution in [1.82, 2.24) is 0 Å². The van der Waals surface area contributed by atoms with Crippen molar-refractivity contribution in [3.8, 4) is 0 Å². The highest BCUT2D eigenvalue weighted by Gasteiger charge is 2.31. The van der Waals surface area contributed by atoms with E-state index in [9.17, 15) is 18.3 Å². The monoisotopic (exact) mass is 385 g/mol. The van der Waals surface area contributed by atoms with Crippen LogP contribution in [-0.2, 0) is 6.18 Å². The Balaban J connectivity index is 1.58. The zero-order valence-electron chi connectivity index (χ0n) is 14.1. The molecule has 2 aromatic rings. The Morgan fingerprint density at radius 2 is 1.77 bits per heavy atom. The highest BCUT2D eigenvalue weighted by molar-refractivity contribution is 6.30. The van der Waals surface area contributed by atoms with E-state index in [2.05, 4.69) is 0 Å². The zero-order valence-corrected chi connectivity index (χ0v) is 14.9. The molecule has 3 nitrogen and oxygen atoms in total. The topological polar surface area (TPSA) is 27.9 Å². The van der Waals surface area contributed by atoms with Gasteiger partial charge in [-0.15, -0.1) is 0 Å². The number of quaternary nitrogens is 1. The third-order valence-electron chi connectivity index (χ3n) is 4.72. The minimum Gasteiger partial charge on any atom is -0.382 e. The number of nitrogens with one attached hydrogen (secondary N) is 1. The van der Waals surface area contributed by atoms with Gasteiger partial charge in [-0.3, -0.25) is 0 Å². The van der Waals surface area contributed by atoms with Crippen molar-refractivity contribution in [2.75, 3.05) is 37.6 Å². The molecule has 2 N–H and O–H groups in total. The maximum atomic E-state index is 12.9. The Bertz CT molecular complexity index is 746. The van der Waals surface area contributed by atoms with Gasteiger partial charge in [-0.25, -0.2) is 0 Å². The number of alkyl halides is 3. The van der Waals surface area contributed by atoms with E-state index in [1.54, 1.807) is 18.2 Å². The van der Waals surface area contributed by atoms with Gasteiger partial charge in [0.2, 0.25) is 0 Å². The molecule has 0 saturated carbocycles. The van der Waals surface area contributed by atoms with Crippen LogP contribution in [0.4, 0.5) is 18.9 Å². The maximum absolute atomic E-state index is 12.9. The molecule has 0 unspecified atom stereocenters. The first-order chi connectivity index (χ1) is 12.3. The Morgan fingerprint density at radius 3 is 2.42 bits per heavy atom. The summed E-state index contributed by atoms with van der Waals surface area (Å²) in [5.41, 5.74) is 0.751. The second-order valence-corrected chi connectivity index (χ2v) is 7.00. The first kappa shape index (κ1) is 19.0. The maximum Gasteiger partial charge on any atom is 0.416 e. The standard InChI is InChI=1S/C19H20ClF3N2O/c20-16-5-1-3-14(11-16)18(26)13-24-7-9-25(10-8-24)17-6-2-4-15(12-17)19(21,22)23/h1-6,11-12,18,26H,7-10,13H2/p+1/t18-/m0/s1. The molecule has 2 aromatic carbocycles. The Hall–Kier alpha value is -1.76. The number of hydrogen-bond acceptors (Lipinski definition) is 2. The first-order valence-corrected chi connectivity index (χ1v) is 8.90. The lowest BCUT2D eigenvalue weighted by Crippen LogP contribution is -3.15. The van der Waals surface area contributed by atoms with Gasteiger partial charge >= 0.3 is 6.18 Å². The van der Waals surface area contributed by atoms with Gasteiger partial charge in [0.15, 0.2) is 0 Å². The van der Waals surface area contributed by atoms with E-state index in [4.69, 9.17) is 11.6 Å². The third-order valence-corrected chi connectivity index (χ3v) is 4.96. The largest absolute Gasteiger partial charge is 0.416 e. The van der Waals surface area contributed by atoms with Gasteiger partial charge in [-0.2, -0.15) is 13.2 Å². The van der Waals surface area contributed by atoms with E-state index in [1.807, 2.05) is 17.0 Å². The molecule has 1 fully saturated rings. The van der Waals surface area contributed by atoms with E-state index in [0.717, 1.165) is 24.7 Å². The van der Waals surface area contributed by atoms with Crippen molar-refractivity contribution in [3.63, 3.8) is 0 Å². The molecule has 0 radical (unpaired) electrons. The van der Waals surface area contributed by atoms with E-state index in [-0.39, 0.29) is 0 Å². The summed E-state index contributed by atoms with van der Waals surface area (Å²) in [5.74, 6) is 0. The second-order valence-electron chi connectivity index (χ2n) is 6.56. The second kappa shape index (κ2) is 7.86. The molecular weight excluding hydrogens is 365 g/mol. The predicted molar refractivity (Wildman–Crippen MR) is 95.6 cm³/mol. The molecule has 0 spiro atoms. The van der Waals surface area contributed by atoms with Gasteiger partial charge < -0.3 is 14.9 Å². The molecule has 0 aromatic heterocycles. The summed E-state index contributed by atoms with van der Waals surface area (Å²) >= 11 is 5.96. The Kier molecular flexibility index (Phi) is 5.75. The average Bonchev–Trinajstić information content (AvgIpc) is 2.62. The van der Waals surface area contributed by atoms with Gasteiger partial charge in [0.05, 0.1) is 31.7 Å². The van der Waals surface area contributed by atoms with E-state index < -0.39 is 17.8 Å². The van der Waals surface area contributed by atoms with Crippen LogP contribution >= 0.6 is 11.6 Å². The van der Waals surface area contributed by atoms with Crippen molar-refractivity contribution in [3.05, 3.63) is 64.7 Å². The summed E-state index contributed by atoms with van der Waals surface area (Å²) in [6, 6.07) is 12.6. The third kappa shape index (κ3) is 4.69. The molecule has 1 atom stereocenters. The minimum absolute atomic E-state index is 0.552. The van der Waals surface area contributed by atoms with Crippen LogP contribution in [0.3, 0.4) is 0 Å². The van der Waals surface area contributed by atoms with Crippen LogP contribution in [-0.4, -0.2) is 37.8 Å². The van der Waals surface area contributed by atoms with Gasteiger partial charge in [-0.1, -0.05) is 29.8 Å². The number of hydrogen-bond donors (Lipinski definition) is 2. The summed E-state index contributed by atoms with van der Waals surface area (Å²) in [4.78, 5) is 3.19. The number of benzene rings is 2. The minimum atomic E-state index is -4.33. The normalized spacial score (nSPS) is 17.3. The van der Waals surface area contributed by atoms with E-state index in [1.165, 1.54) is 17.0 Å². The predicted octanol–water partition coefficient (Wildman–Crippen LogP) is 2.80. The highest BCUT2D eigenvalue weighted by Crippen LogP contribution is 2.31. The number of rotatable bonds is 4. The van der Waals surface area contributed by atoms with Crippen molar-refractivity contribution < 1.29 is 23.2 Å². The molecule has 7 heteroatoms. The quantitative estimate of drug-likeness (QED) is 0.847. The molecule has 140 valence electrons. The molecule has 1 heterocycles. The van der Waals surface area contributed by atoms with Crippen molar-refractivity contribution in [2.45, 2.75) is 12.3 Å². The number of anilines is 1. The number of nitrogens with zero attached hydrogens (tertiary/aromatic N) is 1. The fraction of sp³-hybridized carbons (Fsp3) is 0.368. The van der Waals surface area contributed by atoms with E-state index in [0.29, 0.717) is 30.3 Å². The molecule has 1 aliphatic heterocycles. The van der Waals surface area contributed by atoms with Crippen molar-refractivity contribution >= 4 is 17.3 Å². The summed E-state index contributed by atoms with van der Waals surface area (Å²) < 4.78 is 38.6. The van der Waals surface area contributed by atoms with Crippen LogP contribution in [0, 0.1) is 0 Å². The van der Waals surface area contributed by atoms with Crippen LogP contribution in [0.2, 0.25) is 5.02 Å². The molecule has 0 aliphatic carbocycles. The summed E-state index contributed by atoms with van der Waals surface area (Å²) in [7, 11) is 0. The lowest BCUT2D eigenvalue weighted by atomic mass is 10.1. The summed E-state index contributed by atoms with van der Waals surface area (Å²) in [6.07, 6.45) is -4.94. The van der Waals surface area contributed by atoms with Crippen LogP contribution in [0.15, 0.2) is 48.5 Å². The van der Waals surface area contributed by atoms with Gasteiger partial charge in [-0.05, 0) is 35.9 Å². The van der Waals surface area contributed by atoms with Crippen LogP contribution in [0.5, 0.6) is 0 Å². The van der Waals surface area contributed by atoms with Crippen LogP contribution < -0.4 is 9.80 Å². The smallest absolute Gasteiger partial charge is 0.382 e. The van der Waals surface area contributed by atoms with Crippen LogP contribution in [0.1, 0.15) is 17.2 Å². The highest BCUT2D eigenvalue weighted by atomic mass is 35.5. The number of aliphatic hydroxyl groups excluding tert-OH is 1. The number of aliphatic hydroxyl groups is 1. The SMILES string of the molecule is O[C@@H](C[NH+]1CCN(c2cccc(C(F)(F)F)c2)CC1)c1cccc(Cl)c1. The Labute approximate surface area is 155 Å². The van der Waals surface area contributed by atoms with Gasteiger partial charge in [0.1, 0.15) is 12.6 Å². The Morgan fingerprint density at radius 1 is 1.08 bits per heavy atom. The first-order valence-electron chi connectivity index (χ1n) is 8.52. The van der Waals surface area contributed by atoms with Gasteiger partial charge in [0.25, 0.3) is 0 Å². The zero-order chi connectivity index (χ0) is 18.7. The summed E-state index contributed by atoms with van der Waals surface area (Å²) in [5, 5.41) is 11.0. The van der Waals surface area contributed by atoms with E-state index >= 15 is 0 Å². The molecule has 0 bridgehead atoms. The van der Waals surface area contributed by atoms with Gasteiger partial charge in [0, 0.05) is 10.7 Å². The fourth-order valence-corrected chi connectivity index (χ4v) is 3.47. The number of halogens is 4. The lowest BCUT2D eigenvalue weighted by Gasteiger charge is -2.34. The molecule has 1 aliphatic rings. The fourth-order valence-electron chi connectivity index (χ4n) is 3.27. The molecule has 26 heavy (non-hydrogen) atoms. The van der Waals surface area contributed by atoms with Crippen molar-refractivity contribution in [2.24, 2.45) is 0 Å². The summed E-state index contributed by atoms with van der Waals surface area (Å²) in [6.45, 7) is 3.37. The average molecular weight is 386 g/mol. The molecule has 3 rings (SSSR count). The lowest BCUT2D eigenvalue weighted by molar-refractivity contribution is -0.904. The molecular formula is C19H21ClF3N2O+. The van der Waals surface area contributed by atoms with Crippen molar-refractivity contribution in [1.29, 1.82) is 0 Å². The van der Waals surface area contributed by atoms with Crippen LogP contribution in [0.25, 0.3) is 0 Å². The molecule has 0 amide bonds. The molecule has 1 saturated heterocycles. The number of piperazine rings is 1.